The second kappa shape index (κ2) is 10.5. The Morgan fingerprint density at radius 1 is 1.03 bits per heavy atom. The van der Waals surface area contributed by atoms with Crippen molar-refractivity contribution < 1.29 is 24.5 Å². The molecule has 2 atom stereocenters. The van der Waals surface area contributed by atoms with Gasteiger partial charge in [-0.25, -0.2) is 9.07 Å². The Bertz CT molecular complexity index is 1030. The average Bonchev–Trinajstić information content (AvgIpc) is 3.12. The van der Waals surface area contributed by atoms with Crippen molar-refractivity contribution in [2.45, 2.75) is 57.7 Å². The Kier molecular flexibility index (Phi) is 7.77. The third-order valence-corrected chi connectivity index (χ3v) is 5.37. The van der Waals surface area contributed by atoms with E-state index in [0.29, 0.717) is 12.8 Å². The number of benzene rings is 2. The summed E-state index contributed by atoms with van der Waals surface area (Å²) < 4.78 is 15.4. The summed E-state index contributed by atoms with van der Waals surface area (Å²) >= 11 is 0. The number of halogens is 1. The molecule has 0 bridgehead atoms. The molecule has 1 aromatic heterocycles. The molecular weight excluding hydrogens is 411 g/mol. The lowest BCUT2D eigenvalue weighted by Crippen LogP contribution is -2.21. The molecule has 0 aliphatic rings. The lowest BCUT2D eigenvalue weighted by atomic mass is 9.94. The van der Waals surface area contributed by atoms with Crippen LogP contribution in [0.5, 0.6) is 0 Å². The van der Waals surface area contributed by atoms with E-state index >= 15 is 0 Å². The van der Waals surface area contributed by atoms with Crippen LogP contribution in [0.2, 0.25) is 0 Å². The standard InChI is InChI=1S/C25H29FN2O4/c1-16(2)25-22(13-12-20(29)14-21(30)15-23(31)32)24(17-8-10-18(26)11-9-17)27-28(25)19-6-4-3-5-7-19/h3-11,16,20-21,29-30H,12-15H2,1-2H3,(H,31,32). The van der Waals surface area contributed by atoms with Gasteiger partial charge in [0.05, 0.1) is 35.7 Å². The number of aromatic nitrogens is 2. The quantitative estimate of drug-likeness (QED) is 0.436. The normalized spacial score (nSPS) is 13.3. The summed E-state index contributed by atoms with van der Waals surface area (Å²) in [5, 5.41) is 33.9. The summed E-state index contributed by atoms with van der Waals surface area (Å²) in [6.07, 6.45) is -1.55. The van der Waals surface area contributed by atoms with E-state index in [1.807, 2.05) is 35.0 Å². The molecule has 7 heteroatoms. The van der Waals surface area contributed by atoms with Gasteiger partial charge in [0.15, 0.2) is 0 Å². The van der Waals surface area contributed by atoms with Crippen LogP contribution >= 0.6 is 0 Å². The smallest absolute Gasteiger partial charge is 0.305 e. The summed E-state index contributed by atoms with van der Waals surface area (Å²) in [6.45, 7) is 4.14. The molecule has 3 rings (SSSR count). The molecular formula is C25H29FN2O4. The van der Waals surface area contributed by atoms with E-state index in [4.69, 9.17) is 10.2 Å². The minimum atomic E-state index is -1.10. The van der Waals surface area contributed by atoms with E-state index < -0.39 is 24.6 Å². The molecule has 0 fully saturated rings. The molecule has 0 amide bonds. The van der Waals surface area contributed by atoms with Gasteiger partial charge in [-0.2, -0.15) is 5.10 Å². The predicted molar refractivity (Wildman–Crippen MR) is 120 cm³/mol. The second-order valence-corrected chi connectivity index (χ2v) is 8.30. The first-order valence-electron chi connectivity index (χ1n) is 10.8. The van der Waals surface area contributed by atoms with Crippen molar-refractivity contribution in [3.05, 3.63) is 71.7 Å². The number of aliphatic hydroxyl groups excluding tert-OH is 2. The Labute approximate surface area is 187 Å². The van der Waals surface area contributed by atoms with E-state index in [2.05, 4.69) is 13.8 Å². The first-order chi connectivity index (χ1) is 15.3. The van der Waals surface area contributed by atoms with Gasteiger partial charge in [-0.1, -0.05) is 32.0 Å². The fourth-order valence-electron chi connectivity index (χ4n) is 3.94. The highest BCUT2D eigenvalue weighted by Crippen LogP contribution is 2.33. The summed E-state index contributed by atoms with van der Waals surface area (Å²) in [4.78, 5) is 10.8. The van der Waals surface area contributed by atoms with Gasteiger partial charge in [0.1, 0.15) is 5.82 Å². The van der Waals surface area contributed by atoms with Crippen LogP contribution in [0.4, 0.5) is 4.39 Å². The van der Waals surface area contributed by atoms with Gasteiger partial charge in [0, 0.05) is 11.1 Å². The Hall–Kier alpha value is -3.03. The van der Waals surface area contributed by atoms with Crippen molar-refractivity contribution in [3.63, 3.8) is 0 Å². The van der Waals surface area contributed by atoms with Crippen LogP contribution in [-0.2, 0) is 11.2 Å². The van der Waals surface area contributed by atoms with E-state index in [-0.39, 0.29) is 18.2 Å². The second-order valence-electron chi connectivity index (χ2n) is 8.30. The first-order valence-corrected chi connectivity index (χ1v) is 10.8. The summed E-state index contributed by atoms with van der Waals surface area (Å²) in [7, 11) is 0. The minimum absolute atomic E-state index is 0.0119. The van der Waals surface area contributed by atoms with Crippen molar-refractivity contribution in [2.24, 2.45) is 0 Å². The molecule has 0 saturated heterocycles. The number of nitrogens with zero attached hydrogens (tertiary/aromatic N) is 2. The van der Waals surface area contributed by atoms with Crippen LogP contribution in [-0.4, -0.2) is 43.3 Å². The van der Waals surface area contributed by atoms with E-state index in [1.165, 1.54) is 12.1 Å². The number of carbonyl (C=O) groups is 1. The van der Waals surface area contributed by atoms with Crippen LogP contribution in [0.25, 0.3) is 16.9 Å². The number of carboxylic acids is 1. The largest absolute Gasteiger partial charge is 0.481 e. The van der Waals surface area contributed by atoms with E-state index in [0.717, 1.165) is 28.2 Å². The molecule has 0 spiro atoms. The maximum atomic E-state index is 13.5. The maximum absolute atomic E-state index is 13.5. The van der Waals surface area contributed by atoms with Crippen molar-refractivity contribution in [3.8, 4) is 16.9 Å². The highest BCUT2D eigenvalue weighted by Gasteiger charge is 2.24. The number of rotatable bonds is 10. The number of hydrogen-bond acceptors (Lipinski definition) is 4. The van der Waals surface area contributed by atoms with Gasteiger partial charge in [0.25, 0.3) is 0 Å². The molecule has 0 aliphatic heterocycles. The lowest BCUT2D eigenvalue weighted by molar-refractivity contribution is -0.139. The maximum Gasteiger partial charge on any atom is 0.305 e. The third-order valence-electron chi connectivity index (χ3n) is 5.37. The molecule has 3 N–H and O–H groups in total. The van der Waals surface area contributed by atoms with Crippen LogP contribution in [0, 0.1) is 5.82 Å². The zero-order valence-corrected chi connectivity index (χ0v) is 18.3. The average molecular weight is 441 g/mol. The van der Waals surface area contributed by atoms with Gasteiger partial charge in [-0.3, -0.25) is 4.79 Å². The van der Waals surface area contributed by atoms with Crippen LogP contribution in [0.15, 0.2) is 54.6 Å². The predicted octanol–water partition coefficient (Wildman–Crippen LogP) is 4.32. The van der Waals surface area contributed by atoms with Crippen molar-refractivity contribution in [1.82, 2.24) is 9.78 Å². The van der Waals surface area contributed by atoms with Crippen LogP contribution in [0.3, 0.4) is 0 Å². The molecule has 1 heterocycles. The third kappa shape index (κ3) is 5.81. The molecule has 2 aromatic carbocycles. The van der Waals surface area contributed by atoms with Crippen molar-refractivity contribution in [1.29, 1.82) is 0 Å². The number of carboxylic acid groups (broad SMARTS) is 1. The highest BCUT2D eigenvalue weighted by atomic mass is 19.1. The van der Waals surface area contributed by atoms with Crippen LogP contribution < -0.4 is 0 Å². The zero-order chi connectivity index (χ0) is 23.3. The first kappa shape index (κ1) is 23.6. The van der Waals surface area contributed by atoms with Gasteiger partial charge >= 0.3 is 5.97 Å². The zero-order valence-electron chi connectivity index (χ0n) is 18.3. The summed E-state index contributed by atoms with van der Waals surface area (Å²) in [6, 6.07) is 15.9. The molecule has 0 radical (unpaired) electrons. The Morgan fingerprint density at radius 3 is 2.28 bits per heavy atom. The number of para-hydroxylation sites is 1. The van der Waals surface area contributed by atoms with Crippen molar-refractivity contribution >= 4 is 5.97 Å². The molecule has 2 unspecified atom stereocenters. The highest BCUT2D eigenvalue weighted by molar-refractivity contribution is 5.67. The van der Waals surface area contributed by atoms with Crippen LogP contribution in [0.1, 0.15) is 50.3 Å². The van der Waals surface area contributed by atoms with Gasteiger partial charge in [-0.15, -0.1) is 0 Å². The van der Waals surface area contributed by atoms with Gasteiger partial charge in [-0.05, 0) is 61.6 Å². The molecule has 32 heavy (non-hydrogen) atoms. The minimum Gasteiger partial charge on any atom is -0.481 e. The number of aliphatic hydroxyl groups is 2. The molecule has 0 saturated carbocycles. The number of aliphatic carboxylic acids is 1. The summed E-state index contributed by atoms with van der Waals surface area (Å²) in [5.74, 6) is -1.30. The lowest BCUT2D eigenvalue weighted by Gasteiger charge is -2.16. The summed E-state index contributed by atoms with van der Waals surface area (Å²) in [5.41, 5.74) is 4.34. The van der Waals surface area contributed by atoms with Gasteiger partial charge < -0.3 is 15.3 Å². The Balaban J connectivity index is 1.97. The Morgan fingerprint density at radius 2 is 1.69 bits per heavy atom. The SMILES string of the molecule is CC(C)c1c(CCC(O)CC(O)CC(=O)O)c(-c2ccc(F)cc2)nn1-c1ccccc1. The fourth-order valence-corrected chi connectivity index (χ4v) is 3.94. The molecule has 6 nitrogen and oxygen atoms in total. The van der Waals surface area contributed by atoms with Crippen molar-refractivity contribution in [2.75, 3.05) is 0 Å². The fraction of sp³-hybridized carbons (Fsp3) is 0.360. The monoisotopic (exact) mass is 440 g/mol. The topological polar surface area (TPSA) is 95.6 Å². The molecule has 170 valence electrons. The molecule has 0 aliphatic carbocycles. The van der Waals surface area contributed by atoms with E-state index in [1.54, 1.807) is 12.1 Å². The van der Waals surface area contributed by atoms with E-state index in [9.17, 15) is 19.4 Å². The van der Waals surface area contributed by atoms with Gasteiger partial charge in [0.2, 0.25) is 0 Å². The molecule has 3 aromatic rings. The number of hydrogen-bond donors (Lipinski definition) is 3.